The molecule has 4 rings (SSSR count). The Morgan fingerprint density at radius 1 is 1.28 bits per heavy atom. The predicted molar refractivity (Wildman–Crippen MR) is 117 cm³/mol. The van der Waals surface area contributed by atoms with E-state index in [1.807, 2.05) is 37.4 Å². The van der Waals surface area contributed by atoms with Gasteiger partial charge in [0.2, 0.25) is 0 Å². The lowest BCUT2D eigenvalue weighted by molar-refractivity contribution is 0.167. The molecule has 0 radical (unpaired) electrons. The summed E-state index contributed by atoms with van der Waals surface area (Å²) in [6, 6.07) is 7.98. The van der Waals surface area contributed by atoms with Crippen LogP contribution in [0.1, 0.15) is 24.2 Å². The summed E-state index contributed by atoms with van der Waals surface area (Å²) >= 11 is 1.64. The molecule has 0 atom stereocenters. The smallest absolute Gasteiger partial charge is 0.145 e. The first-order valence-corrected chi connectivity index (χ1v) is 10.5. The lowest BCUT2D eigenvalue weighted by atomic mass is 10.0. The topological polar surface area (TPSA) is 57.1 Å². The van der Waals surface area contributed by atoms with Gasteiger partial charge in [-0.1, -0.05) is 12.2 Å². The summed E-state index contributed by atoms with van der Waals surface area (Å²) < 4.78 is 11.3. The van der Waals surface area contributed by atoms with Crippen LogP contribution in [0.5, 0.6) is 5.75 Å². The molecule has 0 spiro atoms. The Morgan fingerprint density at radius 3 is 3.03 bits per heavy atom. The molecule has 4 heterocycles. The third-order valence-corrected chi connectivity index (χ3v) is 5.85. The van der Waals surface area contributed by atoms with Gasteiger partial charge in [0.05, 0.1) is 36.1 Å². The Kier molecular flexibility index (Phi) is 6.12. The van der Waals surface area contributed by atoms with Gasteiger partial charge in [-0.3, -0.25) is 4.98 Å². The average molecular weight is 406 g/mol. The fraction of sp³-hybridized carbons (Fsp3) is 0.261. The van der Waals surface area contributed by atoms with Gasteiger partial charge in [-0.25, -0.2) is 9.97 Å². The number of hydrogen-bond acceptors (Lipinski definition) is 6. The molecule has 1 aliphatic rings. The largest absolute Gasteiger partial charge is 0.491 e. The minimum atomic E-state index is 0.579. The number of rotatable bonds is 7. The molecule has 0 amide bonds. The Hall–Kier alpha value is -2.83. The van der Waals surface area contributed by atoms with Crippen molar-refractivity contribution in [1.82, 2.24) is 15.0 Å². The molecular weight excluding hydrogens is 382 g/mol. The quantitative estimate of drug-likeness (QED) is 0.393. The summed E-state index contributed by atoms with van der Waals surface area (Å²) in [4.78, 5) is 15.0. The fourth-order valence-electron chi connectivity index (χ4n) is 3.24. The molecule has 0 aromatic carbocycles. The zero-order valence-corrected chi connectivity index (χ0v) is 17.2. The molecule has 0 saturated heterocycles. The van der Waals surface area contributed by atoms with E-state index in [9.17, 15) is 0 Å². The highest BCUT2D eigenvalue weighted by Crippen LogP contribution is 2.38. The number of thiazole rings is 1. The molecule has 5 nitrogen and oxygen atoms in total. The second-order valence-electron chi connectivity index (χ2n) is 6.70. The first kappa shape index (κ1) is 19.5. The lowest BCUT2D eigenvalue weighted by Gasteiger charge is -2.20. The maximum atomic E-state index is 5.83. The van der Waals surface area contributed by atoms with Crippen molar-refractivity contribution >= 4 is 16.9 Å². The Balaban J connectivity index is 1.62. The molecule has 148 valence electrons. The van der Waals surface area contributed by atoms with Crippen LogP contribution in [-0.4, -0.2) is 34.8 Å². The standard InChI is InChI=1S/C23H23N3O2S/c1-3-12-27-13-5-7-17-10-14-28-20-9-8-19(26-21(17)20)22-16(2)25-23(29-22)18-6-4-11-24-15-18/h3-4,6-9,11,15H,1,5,10,12-14H2,2H3/b17-7+. The van der Waals surface area contributed by atoms with Crippen LogP contribution in [0.25, 0.3) is 26.7 Å². The Morgan fingerprint density at radius 2 is 2.21 bits per heavy atom. The molecular formula is C23H23N3O2S. The molecule has 6 heteroatoms. The second kappa shape index (κ2) is 9.11. The predicted octanol–water partition coefficient (Wildman–Crippen LogP) is 5.33. The first-order chi connectivity index (χ1) is 14.3. The molecule has 29 heavy (non-hydrogen) atoms. The monoisotopic (exact) mass is 405 g/mol. The minimum absolute atomic E-state index is 0.579. The highest BCUT2D eigenvalue weighted by atomic mass is 32.1. The summed E-state index contributed by atoms with van der Waals surface area (Å²) in [6.45, 7) is 7.63. The van der Waals surface area contributed by atoms with Crippen molar-refractivity contribution in [3.05, 3.63) is 66.8 Å². The van der Waals surface area contributed by atoms with Crippen molar-refractivity contribution in [2.45, 2.75) is 19.8 Å². The number of ether oxygens (including phenoxy) is 2. The van der Waals surface area contributed by atoms with E-state index >= 15 is 0 Å². The number of aryl methyl sites for hydroxylation is 1. The van der Waals surface area contributed by atoms with Crippen molar-refractivity contribution in [2.75, 3.05) is 19.8 Å². The van der Waals surface area contributed by atoms with Crippen LogP contribution in [0, 0.1) is 6.92 Å². The number of fused-ring (bicyclic) bond motifs is 1. The van der Waals surface area contributed by atoms with Gasteiger partial charge in [0.15, 0.2) is 0 Å². The van der Waals surface area contributed by atoms with Gasteiger partial charge >= 0.3 is 0 Å². The molecule has 0 aliphatic carbocycles. The van der Waals surface area contributed by atoms with Crippen LogP contribution in [0.2, 0.25) is 0 Å². The van der Waals surface area contributed by atoms with E-state index in [0.29, 0.717) is 19.8 Å². The molecule has 0 fully saturated rings. The van der Waals surface area contributed by atoms with E-state index in [4.69, 9.17) is 19.4 Å². The molecule has 0 saturated carbocycles. The zero-order valence-electron chi connectivity index (χ0n) is 16.4. The van der Waals surface area contributed by atoms with E-state index in [-0.39, 0.29) is 0 Å². The van der Waals surface area contributed by atoms with Gasteiger partial charge in [-0.15, -0.1) is 17.9 Å². The number of hydrogen-bond donors (Lipinski definition) is 0. The maximum absolute atomic E-state index is 5.83. The number of aromatic nitrogens is 3. The van der Waals surface area contributed by atoms with E-state index in [2.05, 4.69) is 17.6 Å². The van der Waals surface area contributed by atoms with Crippen LogP contribution in [-0.2, 0) is 4.74 Å². The highest BCUT2D eigenvalue weighted by molar-refractivity contribution is 7.18. The van der Waals surface area contributed by atoms with Crippen molar-refractivity contribution in [3.8, 4) is 26.9 Å². The van der Waals surface area contributed by atoms with Gasteiger partial charge in [0.25, 0.3) is 0 Å². The normalized spacial score (nSPS) is 14.4. The highest BCUT2D eigenvalue weighted by Gasteiger charge is 2.20. The maximum Gasteiger partial charge on any atom is 0.145 e. The van der Waals surface area contributed by atoms with Gasteiger partial charge in [0, 0.05) is 24.4 Å². The minimum Gasteiger partial charge on any atom is -0.491 e. The van der Waals surface area contributed by atoms with Gasteiger partial charge in [-0.05, 0) is 43.2 Å². The van der Waals surface area contributed by atoms with Crippen LogP contribution < -0.4 is 4.74 Å². The SMILES string of the molecule is C=CCOCC/C=C1\CCOc2ccc(-c3sc(-c4cccnc4)nc3C)nc21. The number of nitrogens with zero attached hydrogens (tertiary/aromatic N) is 3. The van der Waals surface area contributed by atoms with Gasteiger partial charge in [0.1, 0.15) is 16.5 Å². The summed E-state index contributed by atoms with van der Waals surface area (Å²) in [6.07, 6.45) is 9.29. The molecule has 0 N–H and O–H groups in total. The molecule has 0 bridgehead atoms. The van der Waals surface area contributed by atoms with E-state index < -0.39 is 0 Å². The van der Waals surface area contributed by atoms with Crippen molar-refractivity contribution in [3.63, 3.8) is 0 Å². The third kappa shape index (κ3) is 4.44. The van der Waals surface area contributed by atoms with E-state index in [1.54, 1.807) is 23.6 Å². The third-order valence-electron chi connectivity index (χ3n) is 4.62. The van der Waals surface area contributed by atoms with E-state index in [1.165, 1.54) is 5.57 Å². The summed E-state index contributed by atoms with van der Waals surface area (Å²) in [7, 11) is 0. The average Bonchev–Trinajstić information content (AvgIpc) is 3.15. The lowest BCUT2D eigenvalue weighted by Crippen LogP contribution is -2.10. The fourth-order valence-corrected chi connectivity index (χ4v) is 4.26. The van der Waals surface area contributed by atoms with Gasteiger partial charge < -0.3 is 9.47 Å². The van der Waals surface area contributed by atoms with Crippen molar-refractivity contribution in [2.24, 2.45) is 0 Å². The van der Waals surface area contributed by atoms with Crippen molar-refractivity contribution in [1.29, 1.82) is 0 Å². The summed E-state index contributed by atoms with van der Waals surface area (Å²) in [5, 5.41) is 0.955. The Labute approximate surface area is 174 Å². The van der Waals surface area contributed by atoms with Crippen molar-refractivity contribution < 1.29 is 9.47 Å². The summed E-state index contributed by atoms with van der Waals surface area (Å²) in [5.41, 5.74) is 5.06. The van der Waals surface area contributed by atoms with Crippen LogP contribution in [0.4, 0.5) is 0 Å². The number of pyridine rings is 2. The molecule has 1 aliphatic heterocycles. The van der Waals surface area contributed by atoms with E-state index in [0.717, 1.165) is 51.1 Å². The van der Waals surface area contributed by atoms with Crippen LogP contribution >= 0.6 is 11.3 Å². The zero-order chi connectivity index (χ0) is 20.1. The van der Waals surface area contributed by atoms with Crippen LogP contribution in [0.15, 0.2) is 55.4 Å². The second-order valence-corrected chi connectivity index (χ2v) is 7.70. The van der Waals surface area contributed by atoms with Gasteiger partial charge in [-0.2, -0.15) is 0 Å². The summed E-state index contributed by atoms with van der Waals surface area (Å²) in [5.74, 6) is 0.841. The Bertz CT molecular complexity index is 1030. The first-order valence-electron chi connectivity index (χ1n) is 9.66. The van der Waals surface area contributed by atoms with Crippen LogP contribution in [0.3, 0.4) is 0 Å². The molecule has 3 aromatic heterocycles. The molecule has 0 unspecified atom stereocenters. The molecule has 3 aromatic rings.